The average molecular weight is 445 g/mol. The van der Waals surface area contributed by atoms with E-state index in [1.54, 1.807) is 31.2 Å². The molecule has 7 nitrogen and oxygen atoms in total. The molecule has 1 saturated carbocycles. The van der Waals surface area contributed by atoms with Crippen LogP contribution in [0.5, 0.6) is 5.75 Å². The molecule has 32 heavy (non-hydrogen) atoms. The molecule has 1 aliphatic heterocycles. The van der Waals surface area contributed by atoms with Crippen LogP contribution in [0.4, 0.5) is 4.79 Å². The topological polar surface area (TPSA) is 84.9 Å². The lowest BCUT2D eigenvalue weighted by atomic mass is 9.86. The number of carbonyl (C=O) groups is 3. The van der Waals surface area contributed by atoms with E-state index >= 15 is 0 Å². The fourth-order valence-electron chi connectivity index (χ4n) is 4.61. The number of hydrogen-bond donors (Lipinski definition) is 1. The fraction of sp³-hybridized carbons (Fsp3) is 0.640. The van der Waals surface area contributed by atoms with E-state index in [-0.39, 0.29) is 12.5 Å². The number of piperidine rings is 1. The summed E-state index contributed by atoms with van der Waals surface area (Å²) in [4.78, 5) is 38.3. The van der Waals surface area contributed by atoms with Gasteiger partial charge in [0, 0.05) is 31.6 Å². The van der Waals surface area contributed by atoms with Crippen molar-refractivity contribution >= 4 is 18.0 Å². The van der Waals surface area contributed by atoms with Crippen molar-refractivity contribution in [3.63, 3.8) is 0 Å². The first-order valence-electron chi connectivity index (χ1n) is 12.1. The third-order valence-corrected chi connectivity index (χ3v) is 6.59. The van der Waals surface area contributed by atoms with Gasteiger partial charge in [0.05, 0.1) is 6.61 Å². The molecule has 7 heteroatoms. The van der Waals surface area contributed by atoms with Crippen molar-refractivity contribution in [2.45, 2.75) is 64.7 Å². The Kier molecular flexibility index (Phi) is 9.38. The van der Waals surface area contributed by atoms with E-state index < -0.39 is 6.16 Å². The van der Waals surface area contributed by atoms with Crippen molar-refractivity contribution in [1.82, 2.24) is 10.2 Å². The van der Waals surface area contributed by atoms with E-state index in [4.69, 9.17) is 9.47 Å². The van der Waals surface area contributed by atoms with E-state index in [0.29, 0.717) is 36.1 Å². The second-order valence-electron chi connectivity index (χ2n) is 8.89. The van der Waals surface area contributed by atoms with Gasteiger partial charge in [-0.15, -0.1) is 0 Å². The van der Waals surface area contributed by atoms with Crippen LogP contribution < -0.4 is 10.1 Å². The quantitative estimate of drug-likeness (QED) is 0.470. The number of nitrogens with one attached hydrogen (secondary N) is 1. The zero-order valence-electron chi connectivity index (χ0n) is 19.1. The molecule has 0 aromatic heterocycles. The van der Waals surface area contributed by atoms with Crippen LogP contribution in [-0.2, 0) is 9.53 Å². The molecule has 2 amide bonds. The van der Waals surface area contributed by atoms with Crippen LogP contribution in [0.2, 0.25) is 0 Å². The lowest BCUT2D eigenvalue weighted by Crippen LogP contribution is -2.41. The number of rotatable bonds is 8. The molecule has 3 rings (SSSR count). The summed E-state index contributed by atoms with van der Waals surface area (Å²) >= 11 is 0. The summed E-state index contributed by atoms with van der Waals surface area (Å²) in [5.74, 6) is 1.60. The monoisotopic (exact) mass is 444 g/mol. The number of amides is 2. The molecule has 0 atom stereocenters. The maximum absolute atomic E-state index is 12.5. The largest absolute Gasteiger partial charge is 0.513 e. The molecule has 1 aromatic rings. The standard InChI is InChI=1S/C25H36N2O5/c1-2-31-25(30)32-22-11-9-21(10-12-22)24(29)26-18-20-14-16-27(17-15-20)23(28)13-8-19-6-4-3-5-7-19/h9-12,19-20H,2-8,13-18H2,1H3,(H,26,29). The second kappa shape index (κ2) is 12.5. The number of hydrogen-bond acceptors (Lipinski definition) is 5. The van der Waals surface area contributed by atoms with Gasteiger partial charge >= 0.3 is 6.16 Å². The van der Waals surface area contributed by atoms with Gasteiger partial charge in [-0.05, 0) is 62.3 Å². The first-order valence-corrected chi connectivity index (χ1v) is 12.1. The van der Waals surface area contributed by atoms with E-state index in [2.05, 4.69) is 5.32 Å². The Hall–Kier alpha value is -2.57. The van der Waals surface area contributed by atoms with Gasteiger partial charge in [0.1, 0.15) is 5.75 Å². The Balaban J connectivity index is 1.34. The van der Waals surface area contributed by atoms with Crippen molar-refractivity contribution in [2.75, 3.05) is 26.2 Å². The van der Waals surface area contributed by atoms with E-state index in [9.17, 15) is 14.4 Å². The van der Waals surface area contributed by atoms with Crippen molar-refractivity contribution in [2.24, 2.45) is 11.8 Å². The summed E-state index contributed by atoms with van der Waals surface area (Å²) in [7, 11) is 0. The molecular formula is C25H36N2O5. The zero-order chi connectivity index (χ0) is 22.8. The Labute approximate surface area is 190 Å². The fourth-order valence-corrected chi connectivity index (χ4v) is 4.61. The molecule has 0 unspecified atom stereocenters. The molecule has 176 valence electrons. The minimum Gasteiger partial charge on any atom is -0.434 e. The van der Waals surface area contributed by atoms with Crippen LogP contribution in [0.25, 0.3) is 0 Å². The molecule has 2 aliphatic rings. The number of likely N-dealkylation sites (tertiary alicyclic amines) is 1. The van der Waals surface area contributed by atoms with Crippen molar-refractivity contribution in [3.05, 3.63) is 29.8 Å². The Morgan fingerprint density at radius 3 is 2.31 bits per heavy atom. The van der Waals surface area contributed by atoms with E-state index in [0.717, 1.165) is 38.3 Å². The molecule has 1 heterocycles. The van der Waals surface area contributed by atoms with Crippen LogP contribution in [0.3, 0.4) is 0 Å². The Morgan fingerprint density at radius 1 is 0.969 bits per heavy atom. The predicted octanol–water partition coefficient (Wildman–Crippen LogP) is 4.55. The molecule has 0 bridgehead atoms. The summed E-state index contributed by atoms with van der Waals surface area (Å²) < 4.78 is 9.73. The van der Waals surface area contributed by atoms with Crippen molar-refractivity contribution < 1.29 is 23.9 Å². The summed E-state index contributed by atoms with van der Waals surface area (Å²) in [6, 6.07) is 6.39. The number of ether oxygens (including phenoxy) is 2. The van der Waals surface area contributed by atoms with Gasteiger partial charge in [-0.25, -0.2) is 4.79 Å². The van der Waals surface area contributed by atoms with Crippen LogP contribution in [0.1, 0.15) is 75.1 Å². The lowest BCUT2D eigenvalue weighted by molar-refractivity contribution is -0.132. The van der Waals surface area contributed by atoms with Gasteiger partial charge < -0.3 is 19.7 Å². The zero-order valence-corrected chi connectivity index (χ0v) is 19.1. The minimum atomic E-state index is -0.761. The first-order chi connectivity index (χ1) is 15.5. The molecule has 1 saturated heterocycles. The number of benzene rings is 1. The molecular weight excluding hydrogens is 408 g/mol. The van der Waals surface area contributed by atoms with Crippen molar-refractivity contribution in [3.8, 4) is 5.75 Å². The normalized spacial score (nSPS) is 17.6. The van der Waals surface area contributed by atoms with Crippen LogP contribution >= 0.6 is 0 Å². The molecule has 1 N–H and O–H groups in total. The van der Waals surface area contributed by atoms with Gasteiger partial charge in [0.15, 0.2) is 0 Å². The highest BCUT2D eigenvalue weighted by Gasteiger charge is 2.24. The molecule has 1 aliphatic carbocycles. The van der Waals surface area contributed by atoms with Gasteiger partial charge in [-0.1, -0.05) is 32.1 Å². The van der Waals surface area contributed by atoms with Gasteiger partial charge in [0.25, 0.3) is 5.91 Å². The second-order valence-corrected chi connectivity index (χ2v) is 8.89. The molecule has 0 radical (unpaired) electrons. The van der Waals surface area contributed by atoms with Crippen LogP contribution in [-0.4, -0.2) is 49.1 Å². The van der Waals surface area contributed by atoms with E-state index in [1.165, 1.54) is 32.1 Å². The molecule has 2 fully saturated rings. The SMILES string of the molecule is CCOC(=O)Oc1ccc(C(=O)NCC2CCN(C(=O)CCC3CCCCC3)CC2)cc1. The number of carbonyl (C=O) groups excluding carboxylic acids is 3. The highest BCUT2D eigenvalue weighted by molar-refractivity contribution is 5.94. The van der Waals surface area contributed by atoms with Gasteiger partial charge in [-0.2, -0.15) is 0 Å². The lowest BCUT2D eigenvalue weighted by Gasteiger charge is -2.32. The van der Waals surface area contributed by atoms with Crippen LogP contribution in [0.15, 0.2) is 24.3 Å². The summed E-state index contributed by atoms with van der Waals surface area (Å²) in [5.41, 5.74) is 0.511. The molecule has 0 spiro atoms. The smallest absolute Gasteiger partial charge is 0.434 e. The average Bonchev–Trinajstić information content (AvgIpc) is 2.82. The Morgan fingerprint density at radius 2 is 1.66 bits per heavy atom. The maximum atomic E-state index is 12.5. The minimum absolute atomic E-state index is 0.154. The van der Waals surface area contributed by atoms with Crippen molar-refractivity contribution in [1.29, 1.82) is 0 Å². The summed E-state index contributed by atoms with van der Waals surface area (Å²) in [5, 5.41) is 2.99. The van der Waals surface area contributed by atoms with Gasteiger partial charge in [-0.3, -0.25) is 9.59 Å². The summed E-state index contributed by atoms with van der Waals surface area (Å²) in [6.45, 7) is 4.11. The summed E-state index contributed by atoms with van der Waals surface area (Å²) in [6.07, 6.45) is 9.37. The number of nitrogens with zero attached hydrogens (tertiary/aromatic N) is 1. The van der Waals surface area contributed by atoms with Crippen LogP contribution in [0, 0.1) is 11.8 Å². The highest BCUT2D eigenvalue weighted by atomic mass is 16.7. The predicted molar refractivity (Wildman–Crippen MR) is 122 cm³/mol. The van der Waals surface area contributed by atoms with Gasteiger partial charge in [0.2, 0.25) is 5.91 Å². The van der Waals surface area contributed by atoms with E-state index in [1.807, 2.05) is 4.90 Å². The Bertz CT molecular complexity index is 750. The molecule has 1 aromatic carbocycles. The third-order valence-electron chi connectivity index (χ3n) is 6.59. The maximum Gasteiger partial charge on any atom is 0.513 e. The highest BCUT2D eigenvalue weighted by Crippen LogP contribution is 2.28. The first kappa shape index (κ1) is 24.1. The third kappa shape index (κ3) is 7.53.